The highest BCUT2D eigenvalue weighted by Crippen LogP contribution is 2.26. The Hall–Kier alpha value is -1.22. The number of anilines is 2. The summed E-state index contributed by atoms with van der Waals surface area (Å²) in [6.45, 7) is 2.19. The van der Waals surface area contributed by atoms with Gasteiger partial charge in [-0.3, -0.25) is 0 Å². The van der Waals surface area contributed by atoms with E-state index in [1.807, 2.05) is 12.1 Å². The van der Waals surface area contributed by atoms with Crippen molar-refractivity contribution in [1.82, 2.24) is 4.90 Å². The lowest BCUT2D eigenvalue weighted by Crippen LogP contribution is -2.31. The Kier molecular flexibility index (Phi) is 2.82. The maximum absolute atomic E-state index is 5.75. The van der Waals surface area contributed by atoms with Crippen LogP contribution in [0, 0.1) is 5.92 Å². The summed E-state index contributed by atoms with van der Waals surface area (Å²) >= 11 is 0. The first kappa shape index (κ1) is 10.3. The normalized spacial score (nSPS) is 19.8. The summed E-state index contributed by atoms with van der Waals surface area (Å²) in [5, 5.41) is 3.45. The van der Waals surface area contributed by atoms with Crippen LogP contribution in [0.25, 0.3) is 0 Å². The van der Waals surface area contributed by atoms with Crippen molar-refractivity contribution >= 4 is 11.4 Å². The van der Waals surface area contributed by atoms with Crippen LogP contribution in [-0.2, 0) is 6.42 Å². The summed E-state index contributed by atoms with van der Waals surface area (Å²) < 4.78 is 0. The van der Waals surface area contributed by atoms with Gasteiger partial charge in [0.1, 0.15) is 0 Å². The highest BCUT2D eigenvalue weighted by molar-refractivity contribution is 5.61. The SMILES string of the molecule is CN(C)CC1CNc2cc(N)ccc2C1. The van der Waals surface area contributed by atoms with Crippen LogP contribution in [-0.4, -0.2) is 32.1 Å². The summed E-state index contributed by atoms with van der Waals surface area (Å²) in [6.07, 6.45) is 1.15. The number of benzene rings is 1. The van der Waals surface area contributed by atoms with Gasteiger partial charge in [0.05, 0.1) is 0 Å². The molecule has 0 aliphatic carbocycles. The van der Waals surface area contributed by atoms with E-state index < -0.39 is 0 Å². The predicted molar refractivity (Wildman–Crippen MR) is 65.1 cm³/mol. The lowest BCUT2D eigenvalue weighted by molar-refractivity contribution is 0.328. The zero-order valence-electron chi connectivity index (χ0n) is 9.46. The molecule has 1 atom stereocenters. The minimum Gasteiger partial charge on any atom is -0.399 e. The number of nitrogens with one attached hydrogen (secondary N) is 1. The van der Waals surface area contributed by atoms with Crippen molar-refractivity contribution in [1.29, 1.82) is 0 Å². The molecule has 15 heavy (non-hydrogen) atoms. The molecule has 1 aromatic rings. The van der Waals surface area contributed by atoms with Crippen molar-refractivity contribution in [2.24, 2.45) is 5.92 Å². The number of hydrogen-bond acceptors (Lipinski definition) is 3. The summed E-state index contributed by atoms with van der Waals surface area (Å²) in [4.78, 5) is 2.24. The molecule has 3 heteroatoms. The molecule has 3 N–H and O–H groups in total. The molecule has 0 saturated carbocycles. The Morgan fingerprint density at radius 2 is 2.27 bits per heavy atom. The van der Waals surface area contributed by atoms with E-state index in [9.17, 15) is 0 Å². The fourth-order valence-electron chi connectivity index (χ4n) is 2.22. The van der Waals surface area contributed by atoms with E-state index in [4.69, 9.17) is 5.73 Å². The molecule has 1 aromatic carbocycles. The van der Waals surface area contributed by atoms with Gasteiger partial charge in [-0.25, -0.2) is 0 Å². The van der Waals surface area contributed by atoms with Gasteiger partial charge in [-0.05, 0) is 44.1 Å². The topological polar surface area (TPSA) is 41.3 Å². The second kappa shape index (κ2) is 4.11. The summed E-state index contributed by atoms with van der Waals surface area (Å²) in [5.41, 5.74) is 9.19. The molecule has 0 aromatic heterocycles. The van der Waals surface area contributed by atoms with Crippen LogP contribution in [0.15, 0.2) is 18.2 Å². The van der Waals surface area contributed by atoms with Gasteiger partial charge in [0.2, 0.25) is 0 Å². The number of fused-ring (bicyclic) bond motifs is 1. The molecule has 1 unspecified atom stereocenters. The lowest BCUT2D eigenvalue weighted by Gasteiger charge is -2.28. The molecule has 0 bridgehead atoms. The van der Waals surface area contributed by atoms with Gasteiger partial charge in [-0.2, -0.15) is 0 Å². The molecule has 0 saturated heterocycles. The maximum Gasteiger partial charge on any atom is 0.0393 e. The van der Waals surface area contributed by atoms with Crippen molar-refractivity contribution in [3.8, 4) is 0 Å². The van der Waals surface area contributed by atoms with Crippen LogP contribution in [0.5, 0.6) is 0 Å². The van der Waals surface area contributed by atoms with E-state index in [2.05, 4.69) is 30.4 Å². The molecule has 0 amide bonds. The first-order chi connectivity index (χ1) is 7.15. The predicted octanol–water partition coefficient (Wildman–Crippen LogP) is 1.41. The van der Waals surface area contributed by atoms with E-state index in [0.717, 1.165) is 25.2 Å². The maximum atomic E-state index is 5.75. The molecule has 1 aliphatic rings. The highest BCUT2D eigenvalue weighted by atomic mass is 15.1. The van der Waals surface area contributed by atoms with Gasteiger partial charge in [0.25, 0.3) is 0 Å². The van der Waals surface area contributed by atoms with Gasteiger partial charge in [0, 0.05) is 24.5 Å². The van der Waals surface area contributed by atoms with Crippen molar-refractivity contribution in [2.45, 2.75) is 6.42 Å². The fourth-order valence-corrected chi connectivity index (χ4v) is 2.22. The molecule has 0 fully saturated rings. The number of hydrogen-bond donors (Lipinski definition) is 2. The standard InChI is InChI=1S/C12H19N3/c1-15(2)8-9-5-10-3-4-11(13)6-12(10)14-7-9/h3-4,6,9,14H,5,7-8,13H2,1-2H3. The van der Waals surface area contributed by atoms with E-state index in [1.54, 1.807) is 0 Å². The Bertz CT molecular complexity index is 347. The molecule has 3 nitrogen and oxygen atoms in total. The summed E-state index contributed by atoms with van der Waals surface area (Å²) in [7, 11) is 4.25. The van der Waals surface area contributed by atoms with Crippen LogP contribution in [0.4, 0.5) is 11.4 Å². The van der Waals surface area contributed by atoms with Gasteiger partial charge in [0.15, 0.2) is 0 Å². The number of rotatable bonds is 2. The first-order valence-electron chi connectivity index (χ1n) is 5.42. The number of nitrogens with two attached hydrogens (primary N) is 1. The third-order valence-electron chi connectivity index (χ3n) is 2.85. The molecular formula is C12H19N3. The Morgan fingerprint density at radius 1 is 1.47 bits per heavy atom. The van der Waals surface area contributed by atoms with Crippen molar-refractivity contribution < 1.29 is 0 Å². The summed E-state index contributed by atoms with van der Waals surface area (Å²) in [5.74, 6) is 0.705. The third-order valence-corrected chi connectivity index (χ3v) is 2.85. The van der Waals surface area contributed by atoms with Gasteiger partial charge in [-0.15, -0.1) is 0 Å². The molecule has 82 valence electrons. The highest BCUT2D eigenvalue weighted by Gasteiger charge is 2.18. The van der Waals surface area contributed by atoms with E-state index in [1.165, 1.54) is 11.3 Å². The van der Waals surface area contributed by atoms with Crippen molar-refractivity contribution in [3.63, 3.8) is 0 Å². The van der Waals surface area contributed by atoms with Gasteiger partial charge in [-0.1, -0.05) is 6.07 Å². The zero-order valence-corrected chi connectivity index (χ0v) is 9.46. The Labute approximate surface area is 91.3 Å². The molecular weight excluding hydrogens is 186 g/mol. The average Bonchev–Trinajstić information content (AvgIpc) is 2.17. The van der Waals surface area contributed by atoms with Crippen LogP contribution in [0.1, 0.15) is 5.56 Å². The first-order valence-corrected chi connectivity index (χ1v) is 5.42. The molecule has 2 rings (SSSR count). The van der Waals surface area contributed by atoms with Crippen LogP contribution in [0.2, 0.25) is 0 Å². The minimum absolute atomic E-state index is 0.705. The largest absolute Gasteiger partial charge is 0.399 e. The number of nitrogen functional groups attached to an aromatic ring is 1. The molecule has 0 radical (unpaired) electrons. The van der Waals surface area contributed by atoms with Crippen LogP contribution in [0.3, 0.4) is 0 Å². The molecule has 0 spiro atoms. The second-order valence-corrected chi connectivity index (χ2v) is 4.63. The van der Waals surface area contributed by atoms with E-state index in [-0.39, 0.29) is 0 Å². The van der Waals surface area contributed by atoms with Gasteiger partial charge >= 0.3 is 0 Å². The van der Waals surface area contributed by atoms with Crippen molar-refractivity contribution in [3.05, 3.63) is 23.8 Å². The smallest absolute Gasteiger partial charge is 0.0393 e. The lowest BCUT2D eigenvalue weighted by atomic mass is 9.93. The van der Waals surface area contributed by atoms with E-state index in [0.29, 0.717) is 5.92 Å². The van der Waals surface area contributed by atoms with E-state index >= 15 is 0 Å². The average molecular weight is 205 g/mol. The molecule has 1 aliphatic heterocycles. The van der Waals surface area contributed by atoms with Gasteiger partial charge < -0.3 is 16.0 Å². The monoisotopic (exact) mass is 205 g/mol. The quantitative estimate of drug-likeness (QED) is 0.717. The Balaban J connectivity index is 2.10. The van der Waals surface area contributed by atoms with Crippen molar-refractivity contribution in [2.75, 3.05) is 38.2 Å². The summed E-state index contributed by atoms with van der Waals surface area (Å²) in [6, 6.07) is 6.15. The minimum atomic E-state index is 0.705. The van der Waals surface area contributed by atoms with Crippen LogP contribution < -0.4 is 11.1 Å². The molecule has 1 heterocycles. The van der Waals surface area contributed by atoms with Crippen LogP contribution >= 0.6 is 0 Å². The second-order valence-electron chi connectivity index (χ2n) is 4.63. The third kappa shape index (κ3) is 2.42. The zero-order chi connectivity index (χ0) is 10.8. The Morgan fingerprint density at radius 3 is 3.00 bits per heavy atom. The number of nitrogens with zero attached hydrogens (tertiary/aromatic N) is 1. The fraction of sp³-hybridized carbons (Fsp3) is 0.500.